The largest absolute Gasteiger partial charge is 0.462 e. The van der Waals surface area contributed by atoms with Crippen LogP contribution < -0.4 is 5.32 Å². The summed E-state index contributed by atoms with van der Waals surface area (Å²) in [7, 11) is 0. The van der Waals surface area contributed by atoms with E-state index in [4.69, 9.17) is 9.47 Å². The molecule has 1 fully saturated rings. The van der Waals surface area contributed by atoms with Crippen LogP contribution in [0.4, 0.5) is 10.1 Å². The second-order valence-corrected chi connectivity index (χ2v) is 6.46. The van der Waals surface area contributed by atoms with Crippen molar-refractivity contribution in [3.63, 3.8) is 0 Å². The molecule has 2 aromatic rings. The van der Waals surface area contributed by atoms with Crippen molar-refractivity contribution in [3.8, 4) is 0 Å². The number of esters is 1. The maximum atomic E-state index is 13.8. The highest BCUT2D eigenvalue weighted by atomic mass is 79.9. The van der Waals surface area contributed by atoms with Crippen LogP contribution in [0.15, 0.2) is 22.8 Å². The van der Waals surface area contributed by atoms with Gasteiger partial charge in [0.2, 0.25) is 0 Å². The van der Waals surface area contributed by atoms with Gasteiger partial charge in [-0.25, -0.2) is 9.18 Å². The number of hydrogen-bond donors (Lipinski definition) is 1. The molecular formula is C17H18BrFN2O3. The van der Waals surface area contributed by atoms with E-state index in [0.29, 0.717) is 33.2 Å². The van der Waals surface area contributed by atoms with E-state index < -0.39 is 11.8 Å². The quantitative estimate of drug-likeness (QED) is 0.793. The number of pyridine rings is 1. The van der Waals surface area contributed by atoms with Crippen molar-refractivity contribution in [2.24, 2.45) is 0 Å². The topological polar surface area (TPSA) is 60.5 Å². The Morgan fingerprint density at radius 2 is 2.38 bits per heavy atom. The Hall–Kier alpha value is -1.73. The SMILES string of the molecule is CCOC(=O)c1cnc2cc(F)c(Br)cc2c1NC1CCCOC1. The highest BCUT2D eigenvalue weighted by molar-refractivity contribution is 9.10. The first kappa shape index (κ1) is 17.1. The lowest BCUT2D eigenvalue weighted by atomic mass is 10.1. The van der Waals surface area contributed by atoms with E-state index in [-0.39, 0.29) is 12.6 Å². The number of aromatic nitrogens is 1. The van der Waals surface area contributed by atoms with Gasteiger partial charge < -0.3 is 14.8 Å². The van der Waals surface area contributed by atoms with Gasteiger partial charge in [-0.05, 0) is 41.8 Å². The molecule has 1 aliphatic rings. The number of benzene rings is 1. The average Bonchev–Trinajstić information content (AvgIpc) is 2.58. The monoisotopic (exact) mass is 396 g/mol. The third-order valence-electron chi connectivity index (χ3n) is 3.91. The van der Waals surface area contributed by atoms with Crippen LogP contribution in [0.1, 0.15) is 30.1 Å². The maximum absolute atomic E-state index is 13.8. The fourth-order valence-electron chi connectivity index (χ4n) is 2.76. The molecule has 5 nitrogen and oxygen atoms in total. The Bertz CT molecular complexity index is 763. The Morgan fingerprint density at radius 1 is 1.54 bits per heavy atom. The van der Waals surface area contributed by atoms with Crippen molar-refractivity contribution >= 4 is 38.5 Å². The van der Waals surface area contributed by atoms with Crippen molar-refractivity contribution in [2.75, 3.05) is 25.1 Å². The van der Waals surface area contributed by atoms with Crippen molar-refractivity contribution in [2.45, 2.75) is 25.8 Å². The zero-order chi connectivity index (χ0) is 17.1. The predicted octanol–water partition coefficient (Wildman–Crippen LogP) is 3.90. The lowest BCUT2D eigenvalue weighted by Crippen LogP contribution is -2.31. The van der Waals surface area contributed by atoms with E-state index in [1.165, 1.54) is 12.3 Å². The number of carbonyl (C=O) groups is 1. The number of fused-ring (bicyclic) bond motifs is 1. The molecule has 7 heteroatoms. The van der Waals surface area contributed by atoms with Gasteiger partial charge in [0.05, 0.1) is 28.9 Å². The maximum Gasteiger partial charge on any atom is 0.341 e. The molecule has 1 aromatic heterocycles. The van der Waals surface area contributed by atoms with Crippen LogP contribution in [-0.4, -0.2) is 36.8 Å². The van der Waals surface area contributed by atoms with E-state index in [2.05, 4.69) is 26.2 Å². The number of halogens is 2. The third kappa shape index (κ3) is 3.52. The normalized spacial score (nSPS) is 17.7. The van der Waals surface area contributed by atoms with Crippen molar-refractivity contribution < 1.29 is 18.7 Å². The molecule has 3 rings (SSSR count). The van der Waals surface area contributed by atoms with E-state index in [9.17, 15) is 9.18 Å². The summed E-state index contributed by atoms with van der Waals surface area (Å²) in [6, 6.07) is 3.06. The summed E-state index contributed by atoms with van der Waals surface area (Å²) in [6.45, 7) is 3.33. The Labute approximate surface area is 147 Å². The summed E-state index contributed by atoms with van der Waals surface area (Å²) in [5.41, 5.74) is 1.42. The van der Waals surface area contributed by atoms with Gasteiger partial charge in [-0.3, -0.25) is 4.98 Å². The summed E-state index contributed by atoms with van der Waals surface area (Å²) in [5.74, 6) is -0.850. The summed E-state index contributed by atoms with van der Waals surface area (Å²) in [4.78, 5) is 16.5. The highest BCUT2D eigenvalue weighted by Crippen LogP contribution is 2.32. The lowest BCUT2D eigenvalue weighted by molar-refractivity contribution is 0.0526. The minimum Gasteiger partial charge on any atom is -0.462 e. The number of nitrogens with zero attached hydrogens (tertiary/aromatic N) is 1. The van der Waals surface area contributed by atoms with Crippen molar-refractivity contribution in [1.29, 1.82) is 0 Å². The summed E-state index contributed by atoms with van der Waals surface area (Å²) < 4.78 is 24.7. The summed E-state index contributed by atoms with van der Waals surface area (Å²) >= 11 is 3.20. The molecule has 0 amide bonds. The van der Waals surface area contributed by atoms with Gasteiger partial charge in [0.25, 0.3) is 0 Å². The third-order valence-corrected chi connectivity index (χ3v) is 4.52. The van der Waals surface area contributed by atoms with Gasteiger partial charge in [0, 0.05) is 30.3 Å². The Morgan fingerprint density at radius 3 is 3.08 bits per heavy atom. The molecule has 0 bridgehead atoms. The van der Waals surface area contributed by atoms with Crippen molar-refractivity contribution in [3.05, 3.63) is 34.2 Å². The number of ether oxygens (including phenoxy) is 2. The van der Waals surface area contributed by atoms with Crippen LogP contribution in [0.2, 0.25) is 0 Å². The van der Waals surface area contributed by atoms with Gasteiger partial charge in [0.1, 0.15) is 11.4 Å². The first-order valence-electron chi connectivity index (χ1n) is 7.89. The molecule has 0 saturated carbocycles. The van der Waals surface area contributed by atoms with Crippen LogP contribution in [-0.2, 0) is 9.47 Å². The standard InChI is InChI=1S/C17H18BrFN2O3/c1-2-24-17(22)12-8-20-15-7-14(19)13(18)6-11(15)16(12)21-10-4-3-5-23-9-10/h6-8,10H,2-5,9H2,1H3,(H,20,21). The first-order valence-corrected chi connectivity index (χ1v) is 8.68. The zero-order valence-electron chi connectivity index (χ0n) is 13.3. The van der Waals surface area contributed by atoms with Crippen LogP contribution in [0, 0.1) is 5.82 Å². The molecule has 0 spiro atoms. The second-order valence-electron chi connectivity index (χ2n) is 5.61. The molecule has 1 aromatic carbocycles. The molecule has 2 heterocycles. The predicted molar refractivity (Wildman–Crippen MR) is 92.8 cm³/mol. The highest BCUT2D eigenvalue weighted by Gasteiger charge is 2.22. The molecule has 128 valence electrons. The van der Waals surface area contributed by atoms with Crippen LogP contribution in [0.25, 0.3) is 10.9 Å². The zero-order valence-corrected chi connectivity index (χ0v) is 14.9. The summed E-state index contributed by atoms with van der Waals surface area (Å²) in [6.07, 6.45) is 3.32. The number of hydrogen-bond acceptors (Lipinski definition) is 5. The number of nitrogens with one attached hydrogen (secondary N) is 1. The van der Waals surface area contributed by atoms with Gasteiger partial charge >= 0.3 is 5.97 Å². The first-order chi connectivity index (χ1) is 11.6. The van der Waals surface area contributed by atoms with Crippen LogP contribution in [0.3, 0.4) is 0 Å². The van der Waals surface area contributed by atoms with Gasteiger partial charge in [0.15, 0.2) is 0 Å². The molecule has 0 aliphatic carbocycles. The molecule has 1 atom stereocenters. The number of rotatable bonds is 4. The van der Waals surface area contributed by atoms with E-state index >= 15 is 0 Å². The molecule has 1 saturated heterocycles. The smallest absolute Gasteiger partial charge is 0.341 e. The molecule has 1 unspecified atom stereocenters. The average molecular weight is 397 g/mol. The van der Waals surface area contributed by atoms with E-state index in [0.717, 1.165) is 19.4 Å². The minimum atomic E-state index is -0.452. The second kappa shape index (κ2) is 7.44. The molecule has 1 N–H and O–H groups in total. The van der Waals surface area contributed by atoms with Crippen LogP contribution in [0.5, 0.6) is 0 Å². The van der Waals surface area contributed by atoms with E-state index in [1.54, 1.807) is 13.0 Å². The number of carbonyl (C=O) groups excluding carboxylic acids is 1. The fourth-order valence-corrected chi connectivity index (χ4v) is 3.11. The fraction of sp³-hybridized carbons (Fsp3) is 0.412. The molecule has 24 heavy (non-hydrogen) atoms. The Balaban J connectivity index is 2.09. The van der Waals surface area contributed by atoms with Crippen LogP contribution >= 0.6 is 15.9 Å². The number of anilines is 1. The van der Waals surface area contributed by atoms with E-state index in [1.807, 2.05) is 0 Å². The summed E-state index contributed by atoms with van der Waals surface area (Å²) in [5, 5.41) is 4.04. The Kier molecular flexibility index (Phi) is 5.30. The molecule has 1 aliphatic heterocycles. The molecular weight excluding hydrogens is 379 g/mol. The van der Waals surface area contributed by atoms with Gasteiger partial charge in [-0.2, -0.15) is 0 Å². The van der Waals surface area contributed by atoms with Gasteiger partial charge in [-0.1, -0.05) is 0 Å². The van der Waals surface area contributed by atoms with Gasteiger partial charge in [-0.15, -0.1) is 0 Å². The van der Waals surface area contributed by atoms with Crippen molar-refractivity contribution in [1.82, 2.24) is 4.98 Å². The molecule has 0 radical (unpaired) electrons. The lowest BCUT2D eigenvalue weighted by Gasteiger charge is -2.25. The minimum absolute atomic E-state index is 0.0846.